The number of rotatable bonds is 6. The van der Waals surface area contributed by atoms with E-state index in [1.807, 2.05) is 6.92 Å². The maximum atomic E-state index is 12.1. The van der Waals surface area contributed by atoms with Crippen LogP contribution in [-0.4, -0.2) is 31.5 Å². The zero-order valence-electron chi connectivity index (χ0n) is 12.1. The monoisotopic (exact) mass is 332 g/mol. The van der Waals surface area contributed by atoms with E-state index in [-0.39, 0.29) is 21.5 Å². The van der Waals surface area contributed by atoms with Gasteiger partial charge in [-0.1, -0.05) is 30.1 Å². The summed E-state index contributed by atoms with van der Waals surface area (Å²) in [6.07, 6.45) is 0.829. The second kappa shape index (κ2) is 8.10. The molecule has 5 nitrogen and oxygen atoms in total. The lowest BCUT2D eigenvalue weighted by Gasteiger charge is -2.14. The second-order valence-corrected chi connectivity index (χ2v) is 5.27. The Balaban J connectivity index is 2.78. The van der Waals surface area contributed by atoms with Gasteiger partial charge in [0.15, 0.2) is 5.75 Å². The number of amides is 2. The fourth-order valence-corrected chi connectivity index (χ4v) is 2.27. The van der Waals surface area contributed by atoms with Gasteiger partial charge in [-0.3, -0.25) is 9.59 Å². The first kappa shape index (κ1) is 17.6. The summed E-state index contributed by atoms with van der Waals surface area (Å²) >= 11 is 12.0. The lowest BCUT2D eigenvalue weighted by Crippen LogP contribution is -2.45. The number of carbonyl (C=O) groups is 2. The fourth-order valence-electron chi connectivity index (χ4n) is 1.63. The number of ether oxygens (including phenoxy) is 1. The van der Waals surface area contributed by atoms with Crippen molar-refractivity contribution in [2.45, 2.75) is 26.3 Å². The molecule has 7 heteroatoms. The molecule has 0 heterocycles. The molecule has 116 valence electrons. The van der Waals surface area contributed by atoms with Crippen LogP contribution in [0.1, 0.15) is 30.6 Å². The first-order chi connectivity index (χ1) is 9.90. The Labute approximate surface area is 133 Å². The molecule has 0 radical (unpaired) electrons. The zero-order chi connectivity index (χ0) is 16.0. The predicted octanol–water partition coefficient (Wildman–Crippen LogP) is 2.65. The highest BCUT2D eigenvalue weighted by atomic mass is 35.5. The van der Waals surface area contributed by atoms with Crippen LogP contribution in [-0.2, 0) is 4.79 Å². The molecule has 21 heavy (non-hydrogen) atoms. The number of halogens is 2. The third-order valence-electron chi connectivity index (χ3n) is 2.75. The molecule has 2 N–H and O–H groups in total. The third kappa shape index (κ3) is 4.79. The van der Waals surface area contributed by atoms with Crippen LogP contribution >= 0.6 is 23.2 Å². The molecule has 1 aromatic carbocycles. The molecule has 2 amide bonds. The molecule has 0 saturated carbocycles. The van der Waals surface area contributed by atoms with Crippen molar-refractivity contribution in [1.82, 2.24) is 10.6 Å². The highest BCUT2D eigenvalue weighted by Crippen LogP contribution is 2.33. The van der Waals surface area contributed by atoms with Gasteiger partial charge in [-0.2, -0.15) is 0 Å². The number of hydrogen-bond donors (Lipinski definition) is 2. The van der Waals surface area contributed by atoms with Gasteiger partial charge in [0.2, 0.25) is 5.91 Å². The molecular weight excluding hydrogens is 315 g/mol. The van der Waals surface area contributed by atoms with Crippen LogP contribution in [0.15, 0.2) is 12.1 Å². The van der Waals surface area contributed by atoms with Crippen molar-refractivity contribution in [2.75, 3.05) is 13.7 Å². The van der Waals surface area contributed by atoms with Gasteiger partial charge >= 0.3 is 0 Å². The van der Waals surface area contributed by atoms with Gasteiger partial charge in [-0.25, -0.2) is 0 Å². The van der Waals surface area contributed by atoms with Gasteiger partial charge in [0, 0.05) is 12.1 Å². The van der Waals surface area contributed by atoms with E-state index in [1.54, 1.807) is 6.92 Å². The van der Waals surface area contributed by atoms with Crippen molar-refractivity contribution in [3.63, 3.8) is 0 Å². The average molecular weight is 333 g/mol. The smallest absolute Gasteiger partial charge is 0.252 e. The highest BCUT2D eigenvalue weighted by molar-refractivity contribution is 6.37. The van der Waals surface area contributed by atoms with Crippen LogP contribution in [0.3, 0.4) is 0 Å². The van der Waals surface area contributed by atoms with Crippen LogP contribution in [0.5, 0.6) is 5.75 Å². The van der Waals surface area contributed by atoms with Crippen LogP contribution in [0, 0.1) is 0 Å². The summed E-state index contributed by atoms with van der Waals surface area (Å²) in [5.74, 6) is -0.361. The largest absolute Gasteiger partial charge is 0.494 e. The summed E-state index contributed by atoms with van der Waals surface area (Å²) in [5, 5.41) is 5.76. The van der Waals surface area contributed by atoms with E-state index in [0.717, 1.165) is 6.42 Å². The molecule has 0 unspecified atom stereocenters. The van der Waals surface area contributed by atoms with Crippen molar-refractivity contribution >= 4 is 35.0 Å². The molecule has 0 aliphatic heterocycles. The third-order valence-corrected chi connectivity index (χ3v) is 3.32. The summed E-state index contributed by atoms with van der Waals surface area (Å²) < 4.78 is 5.01. The van der Waals surface area contributed by atoms with Crippen LogP contribution in [0.4, 0.5) is 0 Å². The van der Waals surface area contributed by atoms with Crippen LogP contribution < -0.4 is 15.4 Å². The normalized spacial score (nSPS) is 11.7. The molecule has 0 saturated heterocycles. The molecule has 1 atom stereocenters. The standard InChI is InChI=1S/C14H18Cl2N2O3/c1-4-5-17-13(19)8(2)18-14(20)9-6-10(15)12(21-3)11(16)7-9/h6-8H,4-5H2,1-3H3,(H,17,19)(H,18,20)/t8-/m1/s1. The summed E-state index contributed by atoms with van der Waals surface area (Å²) in [6.45, 7) is 4.12. The lowest BCUT2D eigenvalue weighted by atomic mass is 10.2. The lowest BCUT2D eigenvalue weighted by molar-refractivity contribution is -0.122. The fraction of sp³-hybridized carbons (Fsp3) is 0.429. The zero-order valence-corrected chi connectivity index (χ0v) is 13.6. The summed E-state index contributed by atoms with van der Waals surface area (Å²) in [5.41, 5.74) is 0.265. The Morgan fingerprint density at radius 1 is 1.29 bits per heavy atom. The number of hydrogen-bond acceptors (Lipinski definition) is 3. The maximum absolute atomic E-state index is 12.1. The minimum atomic E-state index is -0.649. The Morgan fingerprint density at radius 3 is 2.33 bits per heavy atom. The van der Waals surface area contributed by atoms with E-state index in [4.69, 9.17) is 27.9 Å². The Kier molecular flexibility index (Phi) is 6.78. The second-order valence-electron chi connectivity index (χ2n) is 4.46. The van der Waals surface area contributed by atoms with E-state index in [9.17, 15) is 9.59 Å². The van der Waals surface area contributed by atoms with E-state index >= 15 is 0 Å². The Bertz CT molecular complexity index is 512. The SMILES string of the molecule is CCCNC(=O)[C@@H](C)NC(=O)c1cc(Cl)c(OC)c(Cl)c1. The number of methoxy groups -OCH3 is 1. The maximum Gasteiger partial charge on any atom is 0.252 e. The van der Waals surface area contributed by atoms with Gasteiger partial charge in [0.05, 0.1) is 17.2 Å². The van der Waals surface area contributed by atoms with Crippen molar-refractivity contribution < 1.29 is 14.3 Å². The van der Waals surface area contributed by atoms with Crippen molar-refractivity contribution in [3.05, 3.63) is 27.7 Å². The number of nitrogens with one attached hydrogen (secondary N) is 2. The molecule has 0 aliphatic carbocycles. The van der Waals surface area contributed by atoms with E-state index in [1.165, 1.54) is 19.2 Å². The number of benzene rings is 1. The van der Waals surface area contributed by atoms with E-state index in [0.29, 0.717) is 12.3 Å². The number of carbonyl (C=O) groups excluding carboxylic acids is 2. The summed E-state index contributed by atoms with van der Waals surface area (Å²) in [7, 11) is 1.44. The van der Waals surface area contributed by atoms with Gasteiger partial charge < -0.3 is 15.4 Å². The first-order valence-electron chi connectivity index (χ1n) is 6.52. The Morgan fingerprint density at radius 2 is 1.86 bits per heavy atom. The molecular formula is C14H18Cl2N2O3. The van der Waals surface area contributed by atoms with E-state index < -0.39 is 11.9 Å². The van der Waals surface area contributed by atoms with Crippen LogP contribution in [0.25, 0.3) is 0 Å². The molecule has 0 spiro atoms. The minimum Gasteiger partial charge on any atom is -0.494 e. The quantitative estimate of drug-likeness (QED) is 0.841. The van der Waals surface area contributed by atoms with Crippen molar-refractivity contribution in [2.24, 2.45) is 0 Å². The predicted molar refractivity (Wildman–Crippen MR) is 83.2 cm³/mol. The molecule has 0 aromatic heterocycles. The van der Waals surface area contributed by atoms with Gasteiger partial charge in [-0.15, -0.1) is 0 Å². The molecule has 0 aliphatic rings. The molecule has 0 bridgehead atoms. The minimum absolute atomic E-state index is 0.234. The van der Waals surface area contributed by atoms with Gasteiger partial charge in [-0.05, 0) is 25.5 Å². The first-order valence-corrected chi connectivity index (χ1v) is 7.27. The highest BCUT2D eigenvalue weighted by Gasteiger charge is 2.18. The van der Waals surface area contributed by atoms with Gasteiger partial charge in [0.25, 0.3) is 5.91 Å². The average Bonchev–Trinajstić information content (AvgIpc) is 2.44. The molecule has 0 fully saturated rings. The summed E-state index contributed by atoms with van der Waals surface area (Å²) in [6, 6.07) is 2.24. The topological polar surface area (TPSA) is 67.4 Å². The van der Waals surface area contributed by atoms with Crippen molar-refractivity contribution in [3.8, 4) is 5.75 Å². The Hall–Kier alpha value is -1.46. The van der Waals surface area contributed by atoms with Crippen molar-refractivity contribution in [1.29, 1.82) is 0 Å². The van der Waals surface area contributed by atoms with E-state index in [2.05, 4.69) is 10.6 Å². The molecule has 1 rings (SSSR count). The summed E-state index contributed by atoms with van der Waals surface area (Å²) in [4.78, 5) is 23.8. The van der Waals surface area contributed by atoms with Crippen LogP contribution in [0.2, 0.25) is 10.0 Å². The molecule has 1 aromatic rings. The van der Waals surface area contributed by atoms with Gasteiger partial charge in [0.1, 0.15) is 6.04 Å².